The van der Waals surface area contributed by atoms with Crippen LogP contribution in [0.25, 0.3) is 11.0 Å². The van der Waals surface area contributed by atoms with Crippen LogP contribution in [-0.4, -0.2) is 29.7 Å². The third kappa shape index (κ3) is 2.93. The summed E-state index contributed by atoms with van der Waals surface area (Å²) < 4.78 is 12.3. The fourth-order valence-corrected chi connectivity index (χ4v) is 3.35. The molecule has 2 aromatic rings. The number of fused-ring (bicyclic) bond motifs is 1. The molecule has 0 saturated heterocycles. The molecule has 2 heterocycles. The van der Waals surface area contributed by atoms with Crippen molar-refractivity contribution >= 4 is 17.0 Å². The van der Waals surface area contributed by atoms with Gasteiger partial charge in [0.15, 0.2) is 0 Å². The summed E-state index contributed by atoms with van der Waals surface area (Å²) >= 11 is 0. The lowest BCUT2D eigenvalue weighted by Crippen LogP contribution is -2.24. The average molecular weight is 302 g/mol. The number of aromatic nitrogens is 2. The van der Waals surface area contributed by atoms with Gasteiger partial charge in [0, 0.05) is 18.8 Å². The molecule has 0 atom stereocenters. The number of methoxy groups -OCH3 is 2. The van der Waals surface area contributed by atoms with Crippen LogP contribution in [-0.2, 0) is 16.1 Å². The van der Waals surface area contributed by atoms with E-state index in [2.05, 4.69) is 21.8 Å². The predicted molar refractivity (Wildman–Crippen MR) is 83.7 cm³/mol. The summed E-state index contributed by atoms with van der Waals surface area (Å²) in [5.74, 6) is 1.29. The molecule has 1 fully saturated rings. The van der Waals surface area contributed by atoms with Gasteiger partial charge in [-0.05, 0) is 43.7 Å². The lowest BCUT2D eigenvalue weighted by atomic mass is 9.82. The van der Waals surface area contributed by atoms with E-state index in [4.69, 9.17) is 9.47 Å². The molecule has 0 amide bonds. The Hall–Kier alpha value is -2.04. The maximum absolute atomic E-state index is 11.6. The Bertz CT molecular complexity index is 657. The minimum Gasteiger partial charge on any atom is -0.481 e. The Morgan fingerprint density at radius 3 is 2.68 bits per heavy atom. The Morgan fingerprint density at radius 1 is 1.23 bits per heavy atom. The van der Waals surface area contributed by atoms with Crippen molar-refractivity contribution in [2.45, 2.75) is 32.2 Å². The molecule has 3 rings (SSSR count). The van der Waals surface area contributed by atoms with Gasteiger partial charge in [-0.3, -0.25) is 4.79 Å². The molecule has 1 aliphatic carbocycles. The van der Waals surface area contributed by atoms with Gasteiger partial charge < -0.3 is 14.0 Å². The average Bonchev–Trinajstić information content (AvgIpc) is 2.97. The Morgan fingerprint density at radius 2 is 2.00 bits per heavy atom. The van der Waals surface area contributed by atoms with Crippen molar-refractivity contribution in [1.29, 1.82) is 0 Å². The Labute approximate surface area is 130 Å². The summed E-state index contributed by atoms with van der Waals surface area (Å²) in [5.41, 5.74) is 2.10. The first kappa shape index (κ1) is 14.9. The number of hydrogen-bond acceptors (Lipinski definition) is 4. The van der Waals surface area contributed by atoms with Gasteiger partial charge >= 0.3 is 5.97 Å². The maximum Gasteiger partial charge on any atom is 0.308 e. The van der Waals surface area contributed by atoms with Crippen LogP contribution in [0, 0.1) is 11.8 Å². The summed E-state index contributed by atoms with van der Waals surface area (Å²) in [5, 5.41) is 0. The predicted octanol–water partition coefficient (Wildman–Crippen LogP) is 3.02. The minimum absolute atomic E-state index is 0.0545. The monoisotopic (exact) mass is 302 g/mol. The maximum atomic E-state index is 11.6. The summed E-state index contributed by atoms with van der Waals surface area (Å²) in [7, 11) is 3.10. The number of ether oxygens (including phenoxy) is 2. The van der Waals surface area contributed by atoms with Crippen LogP contribution in [0.3, 0.4) is 0 Å². The molecular formula is C17H22N2O3. The molecule has 0 radical (unpaired) electrons. The molecule has 1 aliphatic rings. The van der Waals surface area contributed by atoms with Crippen molar-refractivity contribution < 1.29 is 14.3 Å². The molecule has 2 aromatic heterocycles. The van der Waals surface area contributed by atoms with Crippen LogP contribution in [0.15, 0.2) is 24.4 Å². The third-order valence-corrected chi connectivity index (χ3v) is 4.64. The fourth-order valence-electron chi connectivity index (χ4n) is 3.35. The van der Waals surface area contributed by atoms with Crippen molar-refractivity contribution in [3.8, 4) is 5.88 Å². The van der Waals surface area contributed by atoms with E-state index >= 15 is 0 Å². The first-order chi connectivity index (χ1) is 10.7. The summed E-state index contributed by atoms with van der Waals surface area (Å²) in [4.78, 5) is 16.0. The number of esters is 1. The van der Waals surface area contributed by atoms with Gasteiger partial charge in [-0.15, -0.1) is 0 Å². The quantitative estimate of drug-likeness (QED) is 0.815. The summed E-state index contributed by atoms with van der Waals surface area (Å²) in [6.07, 6.45) is 6.10. The second-order valence-corrected chi connectivity index (χ2v) is 5.97. The third-order valence-electron chi connectivity index (χ3n) is 4.64. The highest BCUT2D eigenvalue weighted by molar-refractivity contribution is 5.76. The Kier molecular flexibility index (Phi) is 4.32. The van der Waals surface area contributed by atoms with Gasteiger partial charge in [0.2, 0.25) is 5.88 Å². The van der Waals surface area contributed by atoms with Crippen LogP contribution in [0.2, 0.25) is 0 Å². The molecule has 0 N–H and O–H groups in total. The van der Waals surface area contributed by atoms with E-state index < -0.39 is 0 Å². The second-order valence-electron chi connectivity index (χ2n) is 5.97. The van der Waals surface area contributed by atoms with Gasteiger partial charge in [0.05, 0.1) is 31.2 Å². The van der Waals surface area contributed by atoms with Crippen molar-refractivity contribution in [2.24, 2.45) is 11.8 Å². The number of hydrogen-bond donors (Lipinski definition) is 0. The largest absolute Gasteiger partial charge is 0.481 e. The van der Waals surface area contributed by atoms with E-state index in [9.17, 15) is 4.79 Å². The minimum atomic E-state index is -0.0545. The molecule has 0 aliphatic heterocycles. The van der Waals surface area contributed by atoms with Gasteiger partial charge in [-0.1, -0.05) is 0 Å². The fraction of sp³-hybridized carbons (Fsp3) is 0.529. The van der Waals surface area contributed by atoms with E-state index in [-0.39, 0.29) is 11.9 Å². The molecule has 5 heteroatoms. The molecular weight excluding hydrogens is 280 g/mol. The van der Waals surface area contributed by atoms with Crippen molar-refractivity contribution in [2.75, 3.05) is 14.2 Å². The summed E-state index contributed by atoms with van der Waals surface area (Å²) in [6, 6.07) is 5.98. The van der Waals surface area contributed by atoms with E-state index in [1.807, 2.05) is 12.1 Å². The van der Waals surface area contributed by atoms with Gasteiger partial charge in [0.1, 0.15) is 0 Å². The molecule has 1 saturated carbocycles. The SMILES string of the molecule is COc1ccc2c(ccn2C[C@H]2CC[C@H](C(=O)OC)CC2)n1. The first-order valence-electron chi connectivity index (χ1n) is 7.79. The molecule has 0 bridgehead atoms. The van der Waals surface area contributed by atoms with Crippen LogP contribution in [0.5, 0.6) is 5.88 Å². The summed E-state index contributed by atoms with van der Waals surface area (Å²) in [6.45, 7) is 0.978. The van der Waals surface area contributed by atoms with E-state index in [1.165, 1.54) is 7.11 Å². The number of nitrogens with zero attached hydrogens (tertiary/aromatic N) is 2. The first-order valence-corrected chi connectivity index (χ1v) is 7.79. The van der Waals surface area contributed by atoms with Crippen molar-refractivity contribution in [3.05, 3.63) is 24.4 Å². The topological polar surface area (TPSA) is 53.4 Å². The molecule has 0 unspecified atom stereocenters. The smallest absolute Gasteiger partial charge is 0.308 e. The molecule has 0 spiro atoms. The highest BCUT2D eigenvalue weighted by Crippen LogP contribution is 2.31. The molecule has 0 aromatic carbocycles. The molecule has 5 nitrogen and oxygen atoms in total. The van der Waals surface area contributed by atoms with E-state index in [1.54, 1.807) is 7.11 Å². The van der Waals surface area contributed by atoms with Gasteiger partial charge in [0.25, 0.3) is 0 Å². The van der Waals surface area contributed by atoms with Gasteiger partial charge in [-0.2, -0.15) is 0 Å². The second kappa shape index (κ2) is 6.38. The normalized spacial score (nSPS) is 21.7. The zero-order valence-corrected chi connectivity index (χ0v) is 13.1. The molecule has 118 valence electrons. The van der Waals surface area contributed by atoms with Crippen LogP contribution in [0.1, 0.15) is 25.7 Å². The lowest BCUT2D eigenvalue weighted by Gasteiger charge is -2.27. The highest BCUT2D eigenvalue weighted by atomic mass is 16.5. The number of pyridine rings is 1. The van der Waals surface area contributed by atoms with Crippen molar-refractivity contribution in [3.63, 3.8) is 0 Å². The zero-order valence-electron chi connectivity index (χ0n) is 13.1. The standard InChI is InChI=1S/C17H22N2O3/c1-21-16-8-7-15-14(18-16)9-10-19(15)11-12-3-5-13(6-4-12)17(20)22-2/h7-10,12-13H,3-6,11H2,1-2H3/t12-,13-. The van der Waals surface area contributed by atoms with Crippen LogP contribution in [0.4, 0.5) is 0 Å². The number of carbonyl (C=O) groups is 1. The van der Waals surface area contributed by atoms with Gasteiger partial charge in [-0.25, -0.2) is 4.98 Å². The highest BCUT2D eigenvalue weighted by Gasteiger charge is 2.27. The van der Waals surface area contributed by atoms with Crippen LogP contribution < -0.4 is 4.74 Å². The van der Waals surface area contributed by atoms with Crippen molar-refractivity contribution in [1.82, 2.24) is 9.55 Å². The Balaban J connectivity index is 1.66. The molecule has 22 heavy (non-hydrogen) atoms. The van der Waals surface area contributed by atoms with Crippen LogP contribution >= 0.6 is 0 Å². The lowest BCUT2D eigenvalue weighted by molar-refractivity contribution is -0.146. The number of carbonyl (C=O) groups excluding carboxylic acids is 1. The van der Waals surface area contributed by atoms with E-state index in [0.717, 1.165) is 43.3 Å². The zero-order chi connectivity index (χ0) is 15.5. The number of rotatable bonds is 4. The van der Waals surface area contributed by atoms with E-state index in [0.29, 0.717) is 11.8 Å².